The predicted molar refractivity (Wildman–Crippen MR) is 67.2 cm³/mol. The Kier molecular flexibility index (Phi) is 3.61. The molecule has 0 fully saturated rings. The molecule has 2 N–H and O–H groups in total. The van der Waals surface area contributed by atoms with Crippen molar-refractivity contribution in [3.8, 4) is 17.4 Å². The van der Waals surface area contributed by atoms with Crippen LogP contribution >= 0.6 is 15.9 Å². The first-order valence-corrected chi connectivity index (χ1v) is 5.68. The Bertz CT molecular complexity index is 580. The molecule has 1 aromatic heterocycles. The highest BCUT2D eigenvalue weighted by molar-refractivity contribution is 9.10. The van der Waals surface area contributed by atoms with Gasteiger partial charge in [0.25, 0.3) is 5.88 Å². The van der Waals surface area contributed by atoms with Crippen LogP contribution in [0.1, 0.15) is 0 Å². The first-order chi connectivity index (χ1) is 8.61. The van der Waals surface area contributed by atoms with Crippen molar-refractivity contribution in [2.75, 3.05) is 12.8 Å². The summed E-state index contributed by atoms with van der Waals surface area (Å²) >= 11 is 3.16. The zero-order valence-electron chi connectivity index (χ0n) is 9.35. The van der Waals surface area contributed by atoms with E-state index in [0.717, 1.165) is 0 Å². The molecule has 0 aliphatic heterocycles. The van der Waals surface area contributed by atoms with Crippen LogP contribution in [0.25, 0.3) is 0 Å². The Morgan fingerprint density at radius 3 is 2.78 bits per heavy atom. The van der Waals surface area contributed by atoms with E-state index in [1.165, 1.54) is 25.6 Å². The second kappa shape index (κ2) is 5.18. The summed E-state index contributed by atoms with van der Waals surface area (Å²) in [4.78, 5) is 7.60. The maximum Gasteiger partial charge on any atom is 0.268 e. The summed E-state index contributed by atoms with van der Waals surface area (Å²) < 4.78 is 24.5. The van der Waals surface area contributed by atoms with E-state index < -0.39 is 5.82 Å². The normalized spacial score (nSPS) is 10.2. The highest BCUT2D eigenvalue weighted by Gasteiger charge is 2.14. The number of halogens is 2. The van der Waals surface area contributed by atoms with Gasteiger partial charge >= 0.3 is 0 Å². The molecule has 1 aromatic carbocycles. The van der Waals surface area contributed by atoms with Gasteiger partial charge in [-0.25, -0.2) is 9.37 Å². The highest BCUT2D eigenvalue weighted by Crippen LogP contribution is 2.33. The van der Waals surface area contributed by atoms with Crippen molar-refractivity contribution >= 4 is 21.7 Å². The van der Waals surface area contributed by atoms with Crippen LogP contribution in [-0.4, -0.2) is 17.1 Å². The van der Waals surface area contributed by atoms with Crippen LogP contribution in [0.3, 0.4) is 0 Å². The van der Waals surface area contributed by atoms with Crippen molar-refractivity contribution in [1.82, 2.24) is 9.97 Å². The van der Waals surface area contributed by atoms with Crippen LogP contribution in [0.2, 0.25) is 0 Å². The van der Waals surface area contributed by atoms with Crippen molar-refractivity contribution in [3.63, 3.8) is 0 Å². The molecule has 0 saturated carbocycles. The number of benzene rings is 1. The van der Waals surface area contributed by atoms with Crippen LogP contribution in [0, 0.1) is 5.82 Å². The fraction of sp³-hybridized carbons (Fsp3) is 0.0909. The fourth-order valence-electron chi connectivity index (χ4n) is 1.30. The van der Waals surface area contributed by atoms with Crippen LogP contribution in [-0.2, 0) is 0 Å². The van der Waals surface area contributed by atoms with E-state index in [2.05, 4.69) is 25.9 Å². The quantitative estimate of drug-likeness (QED) is 0.943. The van der Waals surface area contributed by atoms with E-state index in [-0.39, 0.29) is 23.2 Å². The number of anilines is 1. The van der Waals surface area contributed by atoms with Gasteiger partial charge in [0.1, 0.15) is 6.33 Å². The molecule has 0 amide bonds. The fourth-order valence-corrected chi connectivity index (χ4v) is 1.63. The van der Waals surface area contributed by atoms with Crippen molar-refractivity contribution < 1.29 is 13.9 Å². The SMILES string of the molecule is COc1c(N)ncnc1Oc1ccc(Br)cc1F. The van der Waals surface area contributed by atoms with Gasteiger partial charge in [0.15, 0.2) is 17.4 Å². The van der Waals surface area contributed by atoms with Gasteiger partial charge < -0.3 is 15.2 Å². The molecule has 0 aliphatic carbocycles. The Balaban J connectivity index is 2.37. The van der Waals surface area contributed by atoms with Gasteiger partial charge in [-0.15, -0.1) is 0 Å². The van der Waals surface area contributed by atoms with Gasteiger partial charge in [-0.1, -0.05) is 15.9 Å². The van der Waals surface area contributed by atoms with Gasteiger partial charge in [-0.2, -0.15) is 4.98 Å². The van der Waals surface area contributed by atoms with Crippen molar-refractivity contribution in [2.45, 2.75) is 0 Å². The number of nitrogens with zero attached hydrogens (tertiary/aromatic N) is 2. The molecule has 0 aliphatic rings. The molecule has 7 heteroatoms. The summed E-state index contributed by atoms with van der Waals surface area (Å²) in [7, 11) is 1.40. The van der Waals surface area contributed by atoms with E-state index in [0.29, 0.717) is 4.47 Å². The largest absolute Gasteiger partial charge is 0.489 e. The van der Waals surface area contributed by atoms with Gasteiger partial charge in [-0.3, -0.25) is 0 Å². The average Bonchev–Trinajstić information content (AvgIpc) is 2.33. The Labute approximate surface area is 111 Å². The van der Waals surface area contributed by atoms with Gasteiger partial charge in [0.2, 0.25) is 5.75 Å². The predicted octanol–water partition coefficient (Wildman–Crippen LogP) is 2.76. The minimum atomic E-state index is -0.524. The molecule has 5 nitrogen and oxygen atoms in total. The smallest absolute Gasteiger partial charge is 0.268 e. The van der Waals surface area contributed by atoms with Crippen molar-refractivity contribution in [2.24, 2.45) is 0 Å². The number of rotatable bonds is 3. The molecular weight excluding hydrogens is 305 g/mol. The summed E-state index contributed by atoms with van der Waals surface area (Å²) in [5, 5.41) is 0. The number of methoxy groups -OCH3 is 1. The lowest BCUT2D eigenvalue weighted by Crippen LogP contribution is -2.00. The summed E-state index contributed by atoms with van der Waals surface area (Å²) in [6, 6.07) is 4.40. The van der Waals surface area contributed by atoms with E-state index in [9.17, 15) is 4.39 Å². The minimum Gasteiger partial charge on any atom is -0.489 e. The van der Waals surface area contributed by atoms with Gasteiger partial charge in [0, 0.05) is 4.47 Å². The first-order valence-electron chi connectivity index (χ1n) is 4.89. The first kappa shape index (κ1) is 12.6. The third kappa shape index (κ3) is 2.51. The lowest BCUT2D eigenvalue weighted by atomic mass is 10.3. The number of nitrogens with two attached hydrogens (primary N) is 1. The monoisotopic (exact) mass is 313 g/mol. The topological polar surface area (TPSA) is 70.3 Å². The van der Waals surface area contributed by atoms with Crippen molar-refractivity contribution in [3.05, 3.63) is 34.8 Å². The molecule has 0 unspecified atom stereocenters. The zero-order chi connectivity index (χ0) is 13.1. The summed E-state index contributed by atoms with van der Waals surface area (Å²) in [5.41, 5.74) is 5.59. The third-order valence-electron chi connectivity index (χ3n) is 2.10. The van der Waals surface area contributed by atoms with Crippen LogP contribution < -0.4 is 15.2 Å². The molecule has 94 valence electrons. The zero-order valence-corrected chi connectivity index (χ0v) is 10.9. The maximum atomic E-state index is 13.6. The molecule has 0 saturated heterocycles. The maximum absolute atomic E-state index is 13.6. The number of hydrogen-bond donors (Lipinski definition) is 1. The molecule has 1 heterocycles. The van der Waals surface area contributed by atoms with E-state index in [4.69, 9.17) is 15.2 Å². The number of hydrogen-bond acceptors (Lipinski definition) is 5. The Hall–Kier alpha value is -1.89. The number of nitrogen functional groups attached to an aromatic ring is 1. The van der Waals surface area contributed by atoms with Gasteiger partial charge in [-0.05, 0) is 18.2 Å². The van der Waals surface area contributed by atoms with E-state index in [1.54, 1.807) is 6.07 Å². The summed E-state index contributed by atoms with van der Waals surface area (Å²) in [6.45, 7) is 0. The van der Waals surface area contributed by atoms with E-state index >= 15 is 0 Å². The summed E-state index contributed by atoms with van der Waals surface area (Å²) in [6.07, 6.45) is 1.21. The molecule has 2 rings (SSSR count). The van der Waals surface area contributed by atoms with Crippen LogP contribution in [0.5, 0.6) is 17.4 Å². The number of ether oxygens (including phenoxy) is 2. The highest BCUT2D eigenvalue weighted by atomic mass is 79.9. The molecule has 0 atom stereocenters. The third-order valence-corrected chi connectivity index (χ3v) is 2.60. The molecule has 0 radical (unpaired) electrons. The molecule has 18 heavy (non-hydrogen) atoms. The second-order valence-electron chi connectivity index (χ2n) is 3.27. The standard InChI is InChI=1S/C11H9BrFN3O2/c1-17-9-10(14)15-5-16-11(9)18-8-3-2-6(12)4-7(8)13/h2-5H,1H3,(H2,14,15,16). The van der Waals surface area contributed by atoms with E-state index in [1.807, 2.05) is 0 Å². The average molecular weight is 314 g/mol. The van der Waals surface area contributed by atoms with Crippen LogP contribution in [0.15, 0.2) is 29.0 Å². The van der Waals surface area contributed by atoms with Gasteiger partial charge in [0.05, 0.1) is 7.11 Å². The molecule has 0 bridgehead atoms. The lowest BCUT2D eigenvalue weighted by Gasteiger charge is -2.10. The molecule has 0 spiro atoms. The van der Waals surface area contributed by atoms with Crippen molar-refractivity contribution in [1.29, 1.82) is 0 Å². The Morgan fingerprint density at radius 1 is 1.33 bits per heavy atom. The molecular formula is C11H9BrFN3O2. The molecule has 2 aromatic rings. The number of aromatic nitrogens is 2. The van der Waals surface area contributed by atoms with Crippen LogP contribution in [0.4, 0.5) is 10.2 Å². The minimum absolute atomic E-state index is 0.0228. The lowest BCUT2D eigenvalue weighted by molar-refractivity contribution is 0.360. The second-order valence-corrected chi connectivity index (χ2v) is 4.19. The Morgan fingerprint density at radius 2 is 2.11 bits per heavy atom. The summed E-state index contributed by atoms with van der Waals surface area (Å²) in [5.74, 6) is -0.149.